The molecular weight excluding hydrogens is 278 g/mol. The fourth-order valence-electron chi connectivity index (χ4n) is 2.61. The number of allylic oxidation sites excluding steroid dienone is 2. The second-order valence-corrected chi connectivity index (χ2v) is 12.0. The fourth-order valence-corrected chi connectivity index (χ4v) is 11.0. The van der Waals surface area contributed by atoms with Gasteiger partial charge in [-0.3, -0.25) is 0 Å². The average Bonchev–Trinajstić information content (AvgIpc) is 2.73. The van der Waals surface area contributed by atoms with Gasteiger partial charge in [0.2, 0.25) is 0 Å². The van der Waals surface area contributed by atoms with Gasteiger partial charge in [0, 0.05) is 0 Å². The standard InChI is InChI=1S/C10H14Se2/c1-6-5-8(2)10(4,12-8)7-9(6,3)11-7/h5,7H,1-4H3. The first-order chi connectivity index (χ1) is 5.42. The normalized spacial score (nSPS) is 66.3. The predicted octanol–water partition coefficient (Wildman–Crippen LogP) is 2.71. The van der Waals surface area contributed by atoms with Crippen LogP contribution < -0.4 is 0 Å². The van der Waals surface area contributed by atoms with Gasteiger partial charge in [-0.2, -0.15) is 0 Å². The van der Waals surface area contributed by atoms with Crippen molar-refractivity contribution in [3.8, 4) is 0 Å². The van der Waals surface area contributed by atoms with Gasteiger partial charge >= 0.3 is 87.0 Å². The molecule has 2 aliphatic heterocycles. The Bertz CT molecular complexity index is 309. The Morgan fingerprint density at radius 1 is 1.33 bits per heavy atom. The van der Waals surface area contributed by atoms with Crippen LogP contribution in [0, 0.1) is 0 Å². The average molecular weight is 292 g/mol. The Morgan fingerprint density at radius 2 is 2.00 bits per heavy atom. The Kier molecular flexibility index (Phi) is 1.20. The van der Waals surface area contributed by atoms with Crippen molar-refractivity contribution in [1.82, 2.24) is 0 Å². The summed E-state index contributed by atoms with van der Waals surface area (Å²) in [6.07, 6.45) is 2.61. The van der Waals surface area contributed by atoms with Crippen LogP contribution in [0.3, 0.4) is 0 Å². The summed E-state index contributed by atoms with van der Waals surface area (Å²) < 4.78 is 2.13. The molecule has 2 heteroatoms. The molecule has 4 atom stereocenters. The maximum atomic E-state index is 2.61. The van der Waals surface area contributed by atoms with E-state index in [2.05, 4.69) is 33.8 Å². The number of rotatable bonds is 0. The van der Waals surface area contributed by atoms with Crippen LogP contribution in [0.25, 0.3) is 0 Å². The molecule has 0 aromatic carbocycles. The molecule has 1 aliphatic carbocycles. The van der Waals surface area contributed by atoms with E-state index in [-0.39, 0.29) is 0 Å². The number of hydrogen-bond acceptors (Lipinski definition) is 0. The molecule has 12 heavy (non-hydrogen) atoms. The molecule has 0 aromatic rings. The topological polar surface area (TPSA) is 0 Å². The van der Waals surface area contributed by atoms with Crippen LogP contribution in [-0.4, -0.2) is 29.9 Å². The van der Waals surface area contributed by atoms with Crippen LogP contribution in [0.1, 0.15) is 27.7 Å². The minimum absolute atomic E-state index is 0.659. The SMILES string of the molecule is CC1=CC2(C)[Se]C2(C)C2[Se]C12C. The van der Waals surface area contributed by atoms with Gasteiger partial charge in [-0.15, -0.1) is 0 Å². The zero-order valence-electron chi connectivity index (χ0n) is 7.97. The van der Waals surface area contributed by atoms with Crippen LogP contribution >= 0.6 is 0 Å². The third-order valence-electron chi connectivity index (χ3n) is 3.95. The molecule has 66 valence electrons. The molecule has 0 N–H and O–H groups in total. The van der Waals surface area contributed by atoms with E-state index in [0.717, 1.165) is 39.0 Å². The summed E-state index contributed by atoms with van der Waals surface area (Å²) in [6.45, 7) is 9.86. The van der Waals surface area contributed by atoms with Gasteiger partial charge in [0.1, 0.15) is 0 Å². The molecule has 0 bridgehead atoms. The van der Waals surface area contributed by atoms with Gasteiger partial charge in [0.15, 0.2) is 0 Å². The summed E-state index contributed by atoms with van der Waals surface area (Å²) in [5.74, 6) is 0. The van der Waals surface area contributed by atoms with Crippen molar-refractivity contribution in [3.05, 3.63) is 11.6 Å². The molecule has 2 saturated heterocycles. The van der Waals surface area contributed by atoms with Crippen LogP contribution in [-0.2, 0) is 0 Å². The quantitative estimate of drug-likeness (QED) is 0.476. The molecule has 0 saturated carbocycles. The monoisotopic (exact) mass is 294 g/mol. The number of fused-ring (bicyclic) bond motifs is 3. The summed E-state index contributed by atoms with van der Waals surface area (Å²) in [5, 5.41) is 0. The van der Waals surface area contributed by atoms with Crippen LogP contribution in [0.4, 0.5) is 0 Å². The van der Waals surface area contributed by atoms with E-state index in [4.69, 9.17) is 0 Å². The molecule has 0 nitrogen and oxygen atoms in total. The second-order valence-electron chi connectivity index (χ2n) is 4.75. The molecule has 3 rings (SSSR count). The summed E-state index contributed by atoms with van der Waals surface area (Å²) in [6, 6.07) is 0. The molecule has 0 amide bonds. The van der Waals surface area contributed by atoms with Crippen molar-refractivity contribution in [1.29, 1.82) is 0 Å². The van der Waals surface area contributed by atoms with Gasteiger partial charge in [-0.1, -0.05) is 0 Å². The van der Waals surface area contributed by atoms with Gasteiger partial charge in [0.25, 0.3) is 0 Å². The molecule has 0 aromatic heterocycles. The fraction of sp³-hybridized carbons (Fsp3) is 0.800. The van der Waals surface area contributed by atoms with Crippen molar-refractivity contribution in [3.63, 3.8) is 0 Å². The number of hydrogen-bond donors (Lipinski definition) is 0. The van der Waals surface area contributed by atoms with E-state index >= 15 is 0 Å². The zero-order valence-corrected chi connectivity index (χ0v) is 11.4. The summed E-state index contributed by atoms with van der Waals surface area (Å²) >= 11 is 1.83. The molecule has 3 aliphatic rings. The van der Waals surface area contributed by atoms with E-state index in [1.807, 2.05) is 0 Å². The third kappa shape index (κ3) is 0.651. The van der Waals surface area contributed by atoms with Gasteiger partial charge in [-0.25, -0.2) is 0 Å². The van der Waals surface area contributed by atoms with Crippen molar-refractivity contribution in [2.75, 3.05) is 0 Å². The minimum atomic E-state index is 0.659. The first-order valence-electron chi connectivity index (χ1n) is 4.50. The molecule has 4 unspecified atom stereocenters. The van der Waals surface area contributed by atoms with E-state index < -0.39 is 0 Å². The van der Waals surface area contributed by atoms with E-state index in [9.17, 15) is 0 Å². The molecular formula is C10H14Se2. The summed E-state index contributed by atoms with van der Waals surface area (Å²) in [4.78, 5) is 1.10. The Balaban J connectivity index is 2.13. The van der Waals surface area contributed by atoms with Gasteiger partial charge in [-0.05, 0) is 0 Å². The molecule has 0 radical (unpaired) electrons. The summed E-state index contributed by atoms with van der Waals surface area (Å²) in [7, 11) is 0. The van der Waals surface area contributed by atoms with E-state index in [0.29, 0.717) is 8.63 Å². The first kappa shape index (κ1) is 8.12. The third-order valence-corrected chi connectivity index (χ3v) is 12.7. The Morgan fingerprint density at radius 3 is 2.67 bits per heavy atom. The van der Waals surface area contributed by atoms with Crippen molar-refractivity contribution in [2.24, 2.45) is 0 Å². The predicted molar refractivity (Wildman–Crippen MR) is 54.1 cm³/mol. The van der Waals surface area contributed by atoms with Gasteiger partial charge < -0.3 is 0 Å². The first-order valence-corrected chi connectivity index (χ1v) is 8.06. The van der Waals surface area contributed by atoms with Crippen molar-refractivity contribution >= 4 is 29.9 Å². The van der Waals surface area contributed by atoms with Crippen LogP contribution in [0.2, 0.25) is 17.8 Å². The second kappa shape index (κ2) is 1.77. The van der Waals surface area contributed by atoms with Crippen LogP contribution in [0.5, 0.6) is 0 Å². The van der Waals surface area contributed by atoms with E-state index in [1.165, 1.54) is 0 Å². The Labute approximate surface area is 86.9 Å². The van der Waals surface area contributed by atoms with Gasteiger partial charge in [0.05, 0.1) is 0 Å². The zero-order chi connectivity index (χ0) is 8.78. The molecule has 2 fully saturated rings. The summed E-state index contributed by atoms with van der Waals surface area (Å²) in [5.41, 5.74) is 1.71. The molecule has 0 spiro atoms. The Hall–Kier alpha value is 0.779. The molecule has 2 heterocycles. The van der Waals surface area contributed by atoms with Crippen molar-refractivity contribution in [2.45, 2.75) is 45.5 Å². The maximum absolute atomic E-state index is 2.61. The van der Waals surface area contributed by atoms with Crippen molar-refractivity contribution < 1.29 is 0 Å². The van der Waals surface area contributed by atoms with Crippen LogP contribution in [0.15, 0.2) is 11.6 Å². The van der Waals surface area contributed by atoms with E-state index in [1.54, 1.807) is 5.57 Å².